The van der Waals surface area contributed by atoms with Crippen molar-refractivity contribution >= 4 is 17.5 Å². The smallest absolute Gasteiger partial charge is 0.350 e. The van der Waals surface area contributed by atoms with Crippen LogP contribution in [0.2, 0.25) is 0 Å². The van der Waals surface area contributed by atoms with Gasteiger partial charge in [0, 0.05) is 37.0 Å². The van der Waals surface area contributed by atoms with Crippen LogP contribution >= 0.6 is 0 Å². The number of aliphatic hydroxyl groups excluding tert-OH is 1. The average Bonchev–Trinajstić information content (AvgIpc) is 3.79. The molecule has 0 radical (unpaired) electrons. The second kappa shape index (κ2) is 15.4. The summed E-state index contributed by atoms with van der Waals surface area (Å²) in [7, 11) is 0. The highest BCUT2D eigenvalue weighted by molar-refractivity contribution is 6.23. The molecule has 49 heavy (non-hydrogen) atoms. The van der Waals surface area contributed by atoms with Crippen LogP contribution in [0.5, 0.6) is 0 Å². The Labute approximate surface area is 294 Å². The van der Waals surface area contributed by atoms with Crippen molar-refractivity contribution in [2.45, 2.75) is 135 Å². The lowest BCUT2D eigenvalue weighted by atomic mass is 9.56. The van der Waals surface area contributed by atoms with E-state index >= 15 is 0 Å². The summed E-state index contributed by atoms with van der Waals surface area (Å²) in [6, 6.07) is 0.342. The molecule has 6 rings (SSSR count). The maximum absolute atomic E-state index is 14.8. The molecule has 7 N–H and O–H groups in total. The SMILES string of the molecule is CC[NH2+]C1CC2C=CCCC2CC1COC(=O)C12OC1(CC(CO)=C(C)CCC1CC[NH2+]C(N)C1)C(=O)C1CCCC(CC(C)C)C1C2=O. The standard InChI is InChI=1S/C40H63N3O6/c1-5-42-33-20-28-10-7-6-9-27(28)19-30(33)23-48-38(47)40-37(46)35-29(17-24(2)3)11-8-12-32(35)36(45)39(40,49-40)21-31(22-44)25(4)13-14-26-15-16-43-34(41)18-26/h7,10,24,26-30,32-35,42-44H,5-6,8-9,11-23,41H2,1-4H3/p+2. The lowest BCUT2D eigenvalue weighted by Crippen LogP contribution is -2.94. The molecule has 11 atom stereocenters. The van der Waals surface area contributed by atoms with Crippen LogP contribution < -0.4 is 16.4 Å². The number of hydrogen-bond donors (Lipinski definition) is 4. The molecular formula is C40H65N3O6+2. The molecule has 0 aromatic carbocycles. The third kappa shape index (κ3) is 7.13. The number of epoxide rings is 1. The number of nitrogens with two attached hydrogens (primary N) is 3. The van der Waals surface area contributed by atoms with E-state index in [-0.39, 0.29) is 49.2 Å². The van der Waals surface area contributed by atoms with Gasteiger partial charge in [-0.3, -0.25) is 15.3 Å². The molecule has 4 aliphatic carbocycles. The number of allylic oxidation sites excluding steroid dienone is 3. The molecule has 6 aliphatic rings. The van der Waals surface area contributed by atoms with E-state index in [1.54, 1.807) is 0 Å². The first kappa shape index (κ1) is 36.9. The normalized spacial score (nSPS) is 40.7. The number of ketones is 2. The van der Waals surface area contributed by atoms with Gasteiger partial charge in [-0.15, -0.1) is 0 Å². The van der Waals surface area contributed by atoms with Crippen molar-refractivity contribution in [3.63, 3.8) is 0 Å². The van der Waals surface area contributed by atoms with E-state index in [4.69, 9.17) is 15.2 Å². The summed E-state index contributed by atoms with van der Waals surface area (Å²) < 4.78 is 12.6. The number of carbonyl (C=O) groups excluding carboxylic acids is 3. The monoisotopic (exact) mass is 683 g/mol. The molecule has 2 heterocycles. The topological polar surface area (TPSA) is 152 Å². The predicted octanol–water partition coefficient (Wildman–Crippen LogP) is 2.95. The Morgan fingerprint density at radius 3 is 2.69 bits per heavy atom. The van der Waals surface area contributed by atoms with Crippen LogP contribution in [0.1, 0.15) is 111 Å². The summed E-state index contributed by atoms with van der Waals surface area (Å²) in [4.78, 5) is 44.0. The van der Waals surface area contributed by atoms with E-state index in [2.05, 4.69) is 43.6 Å². The van der Waals surface area contributed by atoms with Crippen LogP contribution in [0.4, 0.5) is 0 Å². The van der Waals surface area contributed by atoms with Gasteiger partial charge in [-0.1, -0.05) is 38.0 Å². The van der Waals surface area contributed by atoms with Gasteiger partial charge in [0.15, 0.2) is 17.2 Å². The molecule has 0 aromatic rings. The van der Waals surface area contributed by atoms with E-state index in [1.807, 2.05) is 6.92 Å². The van der Waals surface area contributed by atoms with Crippen LogP contribution in [0.3, 0.4) is 0 Å². The fraction of sp³-hybridized carbons (Fsp3) is 0.825. The van der Waals surface area contributed by atoms with Crippen molar-refractivity contribution in [3.8, 4) is 0 Å². The Morgan fingerprint density at radius 1 is 1.14 bits per heavy atom. The lowest BCUT2D eigenvalue weighted by molar-refractivity contribution is -0.699. The molecular weight excluding hydrogens is 618 g/mol. The molecule has 3 saturated carbocycles. The van der Waals surface area contributed by atoms with Gasteiger partial charge in [0.25, 0.3) is 5.60 Å². The van der Waals surface area contributed by atoms with Gasteiger partial charge in [0.05, 0.1) is 32.3 Å². The van der Waals surface area contributed by atoms with Crippen molar-refractivity contribution in [3.05, 3.63) is 23.3 Å². The summed E-state index contributed by atoms with van der Waals surface area (Å²) in [5.41, 5.74) is 4.41. The summed E-state index contributed by atoms with van der Waals surface area (Å²) in [5, 5.41) is 15.2. The molecule has 9 nitrogen and oxygen atoms in total. The largest absolute Gasteiger partial charge is 0.463 e. The van der Waals surface area contributed by atoms with E-state index in [9.17, 15) is 19.5 Å². The number of Topliss-reactive ketones (excluding diaryl/α,β-unsaturated/α-hetero) is 2. The quantitative estimate of drug-likeness (QED) is 0.101. The minimum atomic E-state index is -1.92. The molecule has 0 amide bonds. The Hall–Kier alpha value is -1.91. The van der Waals surface area contributed by atoms with Crippen molar-refractivity contribution in [1.29, 1.82) is 0 Å². The molecule has 5 fully saturated rings. The van der Waals surface area contributed by atoms with Crippen molar-refractivity contribution < 1.29 is 39.6 Å². The fourth-order valence-corrected chi connectivity index (χ4v) is 10.9. The van der Waals surface area contributed by atoms with Gasteiger partial charge in [0.2, 0.25) is 0 Å². The summed E-state index contributed by atoms with van der Waals surface area (Å²) in [6.07, 6.45) is 16.3. The number of quaternary nitrogens is 2. The van der Waals surface area contributed by atoms with Crippen LogP contribution in [-0.2, 0) is 23.9 Å². The number of piperidine rings is 1. The third-order valence-electron chi connectivity index (χ3n) is 13.6. The summed E-state index contributed by atoms with van der Waals surface area (Å²) in [6.45, 7) is 10.5. The third-order valence-corrected chi connectivity index (χ3v) is 13.6. The molecule has 2 saturated heterocycles. The second-order valence-electron chi connectivity index (χ2n) is 17.2. The molecule has 11 unspecified atom stereocenters. The summed E-state index contributed by atoms with van der Waals surface area (Å²) in [5.74, 6) is 0.277. The van der Waals surface area contributed by atoms with Crippen molar-refractivity contribution in [2.24, 2.45) is 53.1 Å². The summed E-state index contributed by atoms with van der Waals surface area (Å²) >= 11 is 0. The molecule has 0 bridgehead atoms. The first-order valence-electron chi connectivity index (χ1n) is 19.9. The van der Waals surface area contributed by atoms with Crippen LogP contribution in [0, 0.1) is 47.3 Å². The zero-order chi connectivity index (χ0) is 34.9. The van der Waals surface area contributed by atoms with Crippen LogP contribution in [0.15, 0.2) is 23.3 Å². The highest BCUT2D eigenvalue weighted by Gasteiger charge is 2.87. The number of fused-ring (bicyclic) bond motifs is 3. The lowest BCUT2D eigenvalue weighted by Gasteiger charge is -2.42. The molecule has 0 spiro atoms. The Bertz CT molecular complexity index is 1300. The van der Waals surface area contributed by atoms with Gasteiger partial charge in [-0.2, -0.15) is 0 Å². The van der Waals surface area contributed by atoms with E-state index < -0.39 is 29.0 Å². The maximum Gasteiger partial charge on any atom is 0.350 e. The molecule has 9 heteroatoms. The van der Waals surface area contributed by atoms with Gasteiger partial charge in [0.1, 0.15) is 6.17 Å². The Balaban J connectivity index is 1.26. The minimum Gasteiger partial charge on any atom is -0.463 e. The van der Waals surface area contributed by atoms with Gasteiger partial charge >= 0.3 is 5.97 Å². The van der Waals surface area contributed by atoms with E-state index in [1.165, 1.54) is 0 Å². The first-order valence-corrected chi connectivity index (χ1v) is 19.9. The average molecular weight is 684 g/mol. The maximum atomic E-state index is 14.8. The zero-order valence-corrected chi connectivity index (χ0v) is 30.7. The number of aliphatic hydroxyl groups is 1. The highest BCUT2D eigenvalue weighted by atomic mass is 16.7. The van der Waals surface area contributed by atoms with Crippen LogP contribution in [0.25, 0.3) is 0 Å². The molecule has 274 valence electrons. The van der Waals surface area contributed by atoms with E-state index in [0.29, 0.717) is 41.7 Å². The first-order chi connectivity index (χ1) is 23.5. The molecule has 0 aromatic heterocycles. The number of esters is 1. The zero-order valence-electron chi connectivity index (χ0n) is 30.7. The Kier molecular flexibility index (Phi) is 11.6. The van der Waals surface area contributed by atoms with Gasteiger partial charge < -0.3 is 25.2 Å². The van der Waals surface area contributed by atoms with Crippen molar-refractivity contribution in [1.82, 2.24) is 0 Å². The second-order valence-corrected chi connectivity index (χ2v) is 17.2. The number of rotatable bonds is 13. The number of hydrogen-bond acceptors (Lipinski definition) is 7. The Morgan fingerprint density at radius 2 is 1.96 bits per heavy atom. The van der Waals surface area contributed by atoms with E-state index in [0.717, 1.165) is 89.3 Å². The fourth-order valence-electron chi connectivity index (χ4n) is 10.9. The van der Waals surface area contributed by atoms with Crippen LogP contribution in [-0.4, -0.2) is 72.4 Å². The minimum absolute atomic E-state index is 0.0499. The van der Waals surface area contributed by atoms with Gasteiger partial charge in [-0.05, 0) is 107 Å². The number of ether oxygens (including phenoxy) is 2. The van der Waals surface area contributed by atoms with Crippen molar-refractivity contribution in [2.75, 3.05) is 26.3 Å². The predicted molar refractivity (Wildman–Crippen MR) is 187 cm³/mol. The highest BCUT2D eigenvalue weighted by Crippen LogP contribution is 2.63. The molecule has 2 aliphatic heterocycles. The number of carbonyl (C=O) groups is 3. The van der Waals surface area contributed by atoms with Gasteiger partial charge in [-0.25, -0.2) is 4.79 Å².